The van der Waals surface area contributed by atoms with Crippen molar-refractivity contribution in [3.8, 4) is 11.5 Å². The van der Waals surface area contributed by atoms with Gasteiger partial charge in [-0.2, -0.15) is 0 Å². The second-order valence-corrected chi connectivity index (χ2v) is 9.87. The van der Waals surface area contributed by atoms with Gasteiger partial charge in [-0.3, -0.25) is 14.4 Å². The minimum absolute atomic E-state index is 0.0709. The largest absolute Gasteiger partial charge is 0.493 e. The van der Waals surface area contributed by atoms with Crippen LogP contribution in [0.5, 0.6) is 11.5 Å². The van der Waals surface area contributed by atoms with Crippen molar-refractivity contribution in [1.82, 2.24) is 15.5 Å². The molecular weight excluding hydrogens is 410 g/mol. The van der Waals surface area contributed by atoms with Crippen molar-refractivity contribution in [3.63, 3.8) is 0 Å². The Hall–Kier alpha value is -2.77. The van der Waals surface area contributed by atoms with E-state index >= 15 is 0 Å². The third kappa shape index (κ3) is 3.80. The lowest BCUT2D eigenvalue weighted by Crippen LogP contribution is -2.85. The van der Waals surface area contributed by atoms with E-state index < -0.39 is 5.54 Å². The van der Waals surface area contributed by atoms with E-state index in [1.807, 2.05) is 17.0 Å². The van der Waals surface area contributed by atoms with Gasteiger partial charge in [0.25, 0.3) is 0 Å². The average Bonchev–Trinajstić information content (AvgIpc) is 2.69. The van der Waals surface area contributed by atoms with E-state index in [-0.39, 0.29) is 28.8 Å². The summed E-state index contributed by atoms with van der Waals surface area (Å²) in [7, 11) is 3.13. The quantitative estimate of drug-likeness (QED) is 0.640. The molecule has 32 heavy (non-hydrogen) atoms. The summed E-state index contributed by atoms with van der Waals surface area (Å²) in [6.07, 6.45) is 5.35. The molecule has 2 N–H and O–H groups in total. The lowest BCUT2D eigenvalue weighted by Gasteiger charge is -2.74. The van der Waals surface area contributed by atoms with Gasteiger partial charge in [0.2, 0.25) is 17.7 Å². The van der Waals surface area contributed by atoms with Gasteiger partial charge in [-0.1, -0.05) is 6.07 Å². The molecule has 1 aromatic rings. The highest BCUT2D eigenvalue weighted by Gasteiger charge is 2.72. The molecule has 4 fully saturated rings. The minimum atomic E-state index is -1.12. The normalized spacial score (nSPS) is 28.0. The van der Waals surface area contributed by atoms with E-state index in [2.05, 4.69) is 10.6 Å². The van der Waals surface area contributed by atoms with Gasteiger partial charge in [0.1, 0.15) is 5.54 Å². The van der Waals surface area contributed by atoms with Crippen LogP contribution in [-0.4, -0.2) is 60.0 Å². The number of carbonyl (C=O) groups is 3. The van der Waals surface area contributed by atoms with E-state index in [0.717, 1.165) is 44.2 Å². The summed E-state index contributed by atoms with van der Waals surface area (Å²) in [5.41, 5.74) is -0.610. The summed E-state index contributed by atoms with van der Waals surface area (Å²) in [6, 6.07) is 5.48. The van der Waals surface area contributed by atoms with E-state index in [4.69, 9.17) is 9.47 Å². The van der Waals surface area contributed by atoms with Crippen LogP contribution in [0.15, 0.2) is 18.2 Å². The molecule has 8 nitrogen and oxygen atoms in total. The van der Waals surface area contributed by atoms with Gasteiger partial charge in [0.05, 0.1) is 14.2 Å². The maximum Gasteiger partial charge on any atom is 0.246 e. The van der Waals surface area contributed by atoms with Crippen molar-refractivity contribution < 1.29 is 23.9 Å². The lowest BCUT2D eigenvalue weighted by molar-refractivity contribution is -0.196. The summed E-state index contributed by atoms with van der Waals surface area (Å²) in [5.74, 6) is 0.945. The molecule has 0 spiro atoms. The predicted molar refractivity (Wildman–Crippen MR) is 118 cm³/mol. The highest BCUT2D eigenvalue weighted by atomic mass is 16.5. The van der Waals surface area contributed by atoms with Crippen LogP contribution in [0.3, 0.4) is 0 Å². The molecule has 1 atom stereocenters. The highest BCUT2D eigenvalue weighted by Crippen LogP contribution is 2.64. The van der Waals surface area contributed by atoms with Crippen molar-refractivity contribution in [2.75, 3.05) is 20.8 Å². The molecule has 1 aliphatic heterocycles. The predicted octanol–water partition coefficient (Wildman–Crippen LogP) is 1.94. The Bertz CT molecular complexity index is 926. The molecule has 3 saturated carbocycles. The van der Waals surface area contributed by atoms with Crippen molar-refractivity contribution in [3.05, 3.63) is 23.8 Å². The molecular formula is C24H33N3O5. The molecule has 0 unspecified atom stereocenters. The molecule has 0 aromatic heterocycles. The molecule has 0 radical (unpaired) electrons. The number of nitrogens with one attached hydrogen (secondary N) is 2. The number of rotatable bonds is 8. The van der Waals surface area contributed by atoms with Crippen LogP contribution in [0.4, 0.5) is 0 Å². The number of benzene rings is 1. The zero-order valence-electron chi connectivity index (χ0n) is 19.4. The zero-order valence-corrected chi connectivity index (χ0v) is 19.4. The summed E-state index contributed by atoms with van der Waals surface area (Å²) in [4.78, 5) is 39.7. The van der Waals surface area contributed by atoms with Crippen LogP contribution in [0.1, 0.15) is 57.9 Å². The number of carbonyl (C=O) groups excluding carboxylic acids is 3. The molecule has 5 rings (SSSR count). The van der Waals surface area contributed by atoms with Gasteiger partial charge in [-0.05, 0) is 56.7 Å². The van der Waals surface area contributed by atoms with Gasteiger partial charge in [-0.15, -0.1) is 0 Å². The minimum Gasteiger partial charge on any atom is -0.493 e. The molecule has 3 amide bonds. The van der Waals surface area contributed by atoms with Crippen molar-refractivity contribution >= 4 is 17.7 Å². The van der Waals surface area contributed by atoms with Gasteiger partial charge in [0.15, 0.2) is 11.5 Å². The van der Waals surface area contributed by atoms with Crippen molar-refractivity contribution in [2.45, 2.75) is 75.4 Å². The third-order valence-corrected chi connectivity index (χ3v) is 7.24. The second kappa shape index (κ2) is 7.98. The van der Waals surface area contributed by atoms with Crippen molar-refractivity contribution in [2.24, 2.45) is 0 Å². The number of hydrogen-bond donors (Lipinski definition) is 2. The van der Waals surface area contributed by atoms with Crippen LogP contribution in [0.25, 0.3) is 0 Å². The fourth-order valence-electron chi connectivity index (χ4n) is 5.81. The van der Waals surface area contributed by atoms with Gasteiger partial charge in [0, 0.05) is 37.4 Å². The Morgan fingerprint density at radius 2 is 1.81 bits per heavy atom. The van der Waals surface area contributed by atoms with Crippen molar-refractivity contribution in [1.29, 1.82) is 0 Å². The summed E-state index contributed by atoms with van der Waals surface area (Å²) in [5, 5.41) is 6.06. The zero-order chi connectivity index (χ0) is 23.1. The maximum atomic E-state index is 13.4. The molecule has 174 valence electrons. The topological polar surface area (TPSA) is 97.0 Å². The van der Waals surface area contributed by atoms with Gasteiger partial charge in [-0.25, -0.2) is 0 Å². The second-order valence-electron chi connectivity index (χ2n) is 9.87. The number of hydrogen-bond acceptors (Lipinski definition) is 5. The van der Waals surface area contributed by atoms with Crippen LogP contribution in [-0.2, 0) is 20.8 Å². The van der Waals surface area contributed by atoms with Gasteiger partial charge >= 0.3 is 0 Å². The first-order valence-corrected chi connectivity index (χ1v) is 11.3. The standard InChI is InChI=1S/C24H33N3O5/c1-16(28)25-22(2,12-17-8-9-18(31-3)19(11-17)32-4)21(30)26-23-13-24(14-23,15-23)27-10-6-5-7-20(27)29/h8-9,11H,5-7,10,12-15H2,1-4H3,(H,25,28)(H,26,30)/t22-,23?,24?/m1/s1. The Morgan fingerprint density at radius 1 is 1.12 bits per heavy atom. The van der Waals surface area contributed by atoms with E-state index in [1.54, 1.807) is 27.2 Å². The Labute approximate surface area is 189 Å². The summed E-state index contributed by atoms with van der Waals surface area (Å²) >= 11 is 0. The maximum absolute atomic E-state index is 13.4. The fourth-order valence-corrected chi connectivity index (χ4v) is 5.81. The number of amides is 3. The molecule has 8 heteroatoms. The van der Waals surface area contributed by atoms with Crippen LogP contribution in [0.2, 0.25) is 0 Å². The first-order valence-electron chi connectivity index (χ1n) is 11.3. The van der Waals surface area contributed by atoms with E-state index in [1.165, 1.54) is 6.92 Å². The van der Waals surface area contributed by atoms with E-state index in [0.29, 0.717) is 24.3 Å². The molecule has 1 saturated heterocycles. The molecule has 4 aliphatic rings. The van der Waals surface area contributed by atoms with Crippen LogP contribution in [0, 0.1) is 0 Å². The molecule has 3 aliphatic carbocycles. The number of nitrogens with zero attached hydrogens (tertiary/aromatic N) is 1. The Morgan fingerprint density at radius 3 is 2.41 bits per heavy atom. The summed E-state index contributed by atoms with van der Waals surface area (Å²) < 4.78 is 10.7. The first-order chi connectivity index (χ1) is 15.1. The molecule has 1 heterocycles. The Kier molecular flexibility index (Phi) is 5.59. The smallest absolute Gasteiger partial charge is 0.246 e. The highest BCUT2D eigenvalue weighted by molar-refractivity contribution is 5.92. The lowest BCUT2D eigenvalue weighted by atomic mass is 9.43. The van der Waals surface area contributed by atoms with Gasteiger partial charge < -0.3 is 25.0 Å². The number of piperidine rings is 1. The monoisotopic (exact) mass is 443 g/mol. The van der Waals surface area contributed by atoms with Crippen LogP contribution >= 0.6 is 0 Å². The first kappa shape index (κ1) is 22.4. The average molecular weight is 444 g/mol. The molecule has 1 aromatic carbocycles. The SMILES string of the molecule is COc1ccc(C[C@@](C)(NC(C)=O)C(=O)NC23CC(N4CCCCC4=O)(C2)C3)cc1OC. The fraction of sp³-hybridized carbons (Fsp3) is 0.625. The number of methoxy groups -OCH3 is 2. The summed E-state index contributed by atoms with van der Waals surface area (Å²) in [6.45, 7) is 3.99. The van der Waals surface area contributed by atoms with Crippen LogP contribution < -0.4 is 20.1 Å². The Balaban J connectivity index is 1.45. The van der Waals surface area contributed by atoms with E-state index in [9.17, 15) is 14.4 Å². The third-order valence-electron chi connectivity index (χ3n) is 7.24. The molecule has 2 bridgehead atoms. The number of likely N-dealkylation sites (tertiary alicyclic amines) is 1. The number of ether oxygens (including phenoxy) is 2.